The van der Waals surface area contributed by atoms with Gasteiger partial charge >= 0.3 is 0 Å². The Morgan fingerprint density at radius 1 is 1.07 bits per heavy atom. The second-order valence-corrected chi connectivity index (χ2v) is 15.3. The van der Waals surface area contributed by atoms with E-state index in [9.17, 15) is 14.4 Å². The van der Waals surface area contributed by atoms with Gasteiger partial charge < -0.3 is 10.2 Å². The number of fused-ring (bicyclic) bond motifs is 3. The Balaban J connectivity index is 0.985. The van der Waals surface area contributed by atoms with Crippen LogP contribution < -0.4 is 10.6 Å². The van der Waals surface area contributed by atoms with Crippen molar-refractivity contribution in [3.8, 4) is 0 Å². The minimum absolute atomic E-state index is 0.170. The van der Waals surface area contributed by atoms with Crippen molar-refractivity contribution in [3.05, 3.63) is 64.5 Å². The molecule has 222 valence electrons. The van der Waals surface area contributed by atoms with E-state index in [0.29, 0.717) is 47.7 Å². The maximum Gasteiger partial charge on any atom is 0.255 e. The van der Waals surface area contributed by atoms with Gasteiger partial charge in [0, 0.05) is 47.3 Å². The maximum atomic E-state index is 15.3. The number of imide groups is 1. The smallest absolute Gasteiger partial charge is 0.255 e. The number of rotatable bonds is 7. The number of amides is 3. The van der Waals surface area contributed by atoms with Crippen LogP contribution in [0.3, 0.4) is 0 Å². The van der Waals surface area contributed by atoms with Crippen LogP contribution in [0.2, 0.25) is 0 Å². The average molecular weight is 590 g/mol. The summed E-state index contributed by atoms with van der Waals surface area (Å²) < 4.78 is 15.3. The number of carbonyl (C=O) groups excluding carboxylic acids is 3. The Labute approximate surface area is 251 Å². The van der Waals surface area contributed by atoms with Crippen molar-refractivity contribution in [1.82, 2.24) is 15.5 Å². The third-order valence-electron chi connectivity index (χ3n) is 10.9. The van der Waals surface area contributed by atoms with Crippen LogP contribution in [-0.4, -0.2) is 34.7 Å². The zero-order valence-corrected chi connectivity index (χ0v) is 25.3. The molecule has 0 spiro atoms. The molecule has 3 amide bonds. The molecule has 3 aliphatic carbocycles. The van der Waals surface area contributed by atoms with Gasteiger partial charge in [-0.25, -0.2) is 4.39 Å². The van der Waals surface area contributed by atoms with Crippen molar-refractivity contribution in [2.45, 2.75) is 101 Å². The minimum atomic E-state index is -0.634. The molecule has 5 aliphatic rings. The second-order valence-electron chi connectivity index (χ2n) is 14.3. The topological polar surface area (TPSA) is 78.5 Å². The zero-order chi connectivity index (χ0) is 29.2. The van der Waals surface area contributed by atoms with Gasteiger partial charge in [-0.1, -0.05) is 32.0 Å². The van der Waals surface area contributed by atoms with Crippen molar-refractivity contribution in [3.63, 3.8) is 0 Å². The Hall–Kier alpha value is -2.71. The Morgan fingerprint density at radius 2 is 1.90 bits per heavy atom. The fourth-order valence-corrected chi connectivity index (χ4v) is 10.3. The summed E-state index contributed by atoms with van der Waals surface area (Å²) in [5.74, 6) is 1.06. The van der Waals surface area contributed by atoms with Crippen molar-refractivity contribution >= 4 is 29.5 Å². The van der Waals surface area contributed by atoms with Crippen molar-refractivity contribution in [2.75, 3.05) is 0 Å². The molecule has 1 saturated heterocycles. The number of nitrogens with zero attached hydrogens (tertiary/aromatic N) is 1. The molecule has 2 aromatic carbocycles. The first kappa shape index (κ1) is 28.1. The van der Waals surface area contributed by atoms with Gasteiger partial charge in [-0.15, -0.1) is 11.8 Å². The van der Waals surface area contributed by atoms with Crippen LogP contribution >= 0.6 is 11.8 Å². The van der Waals surface area contributed by atoms with Crippen LogP contribution in [0.25, 0.3) is 0 Å². The molecule has 3 bridgehead atoms. The van der Waals surface area contributed by atoms with Crippen LogP contribution in [0.4, 0.5) is 4.39 Å². The molecule has 0 aromatic heterocycles. The number of hydrogen-bond acceptors (Lipinski definition) is 5. The zero-order valence-electron chi connectivity index (χ0n) is 24.5. The van der Waals surface area contributed by atoms with E-state index in [1.807, 2.05) is 24.3 Å². The lowest BCUT2D eigenvalue weighted by Crippen LogP contribution is -2.56. The van der Waals surface area contributed by atoms with E-state index in [2.05, 4.69) is 24.5 Å². The monoisotopic (exact) mass is 589 g/mol. The molecular weight excluding hydrogens is 549 g/mol. The van der Waals surface area contributed by atoms with Crippen molar-refractivity contribution in [2.24, 2.45) is 22.7 Å². The van der Waals surface area contributed by atoms with E-state index in [4.69, 9.17) is 0 Å². The SMILES string of the molecule is CC12CCC3C(C1)CC(C)(CC3NCc1ccc(CSc3cccc4c3CN(C3CCC(=O)NC3=O)C4=O)cc1F)C2. The molecule has 2 N–H and O–H groups in total. The lowest BCUT2D eigenvalue weighted by molar-refractivity contribution is -0.136. The number of nitrogens with one attached hydrogen (secondary N) is 2. The standard InChI is InChI=1S/C34H40FN3O3S/c1-33-11-10-23-22(13-33)14-34(2,19-33)15-27(23)36-16-21-7-6-20(12-26(21)35)18-42-29-5-3-4-24-25(29)17-38(32(24)41)28-8-9-30(39)37-31(28)40/h3-7,12,22-23,27-28,36H,8-11,13-19H2,1-2H3,(H,37,39,40). The van der Waals surface area contributed by atoms with E-state index in [1.54, 1.807) is 28.8 Å². The summed E-state index contributed by atoms with van der Waals surface area (Å²) in [6.07, 6.45) is 8.45. The molecule has 42 heavy (non-hydrogen) atoms. The number of piperidine rings is 1. The summed E-state index contributed by atoms with van der Waals surface area (Å²) in [6.45, 7) is 5.87. The first-order valence-corrected chi connectivity index (χ1v) is 16.5. The predicted molar refractivity (Wildman–Crippen MR) is 160 cm³/mol. The number of hydrogen-bond donors (Lipinski definition) is 2. The Kier molecular flexibility index (Phi) is 7.01. The van der Waals surface area contributed by atoms with E-state index < -0.39 is 11.9 Å². The van der Waals surface area contributed by atoms with Gasteiger partial charge in [-0.05, 0) is 96.9 Å². The van der Waals surface area contributed by atoms with Crippen molar-refractivity contribution < 1.29 is 18.8 Å². The summed E-state index contributed by atoms with van der Waals surface area (Å²) in [5, 5.41) is 6.14. The van der Waals surface area contributed by atoms with E-state index >= 15 is 4.39 Å². The van der Waals surface area contributed by atoms with E-state index in [-0.39, 0.29) is 24.1 Å². The van der Waals surface area contributed by atoms with Gasteiger partial charge in [-0.3, -0.25) is 19.7 Å². The first-order chi connectivity index (χ1) is 20.1. The lowest BCUT2D eigenvalue weighted by Gasteiger charge is -2.60. The highest BCUT2D eigenvalue weighted by Crippen LogP contribution is 2.62. The summed E-state index contributed by atoms with van der Waals surface area (Å²) >= 11 is 1.58. The molecule has 2 aliphatic heterocycles. The molecule has 3 saturated carbocycles. The van der Waals surface area contributed by atoms with Crippen LogP contribution in [0.1, 0.15) is 92.3 Å². The van der Waals surface area contributed by atoms with Crippen molar-refractivity contribution in [1.29, 1.82) is 0 Å². The van der Waals surface area contributed by atoms with Crippen LogP contribution in [0.5, 0.6) is 0 Å². The summed E-state index contributed by atoms with van der Waals surface area (Å²) in [7, 11) is 0. The molecule has 8 heteroatoms. The van der Waals surface area contributed by atoms with Crippen LogP contribution in [0, 0.1) is 28.5 Å². The van der Waals surface area contributed by atoms with Crippen LogP contribution in [-0.2, 0) is 28.4 Å². The highest BCUT2D eigenvalue weighted by molar-refractivity contribution is 7.98. The molecular formula is C34H40FN3O3S. The molecule has 0 radical (unpaired) electrons. The lowest BCUT2D eigenvalue weighted by atomic mass is 9.46. The number of benzene rings is 2. The molecule has 6 unspecified atom stereocenters. The minimum Gasteiger partial charge on any atom is -0.322 e. The van der Waals surface area contributed by atoms with E-state index in [1.165, 1.54) is 38.5 Å². The van der Waals surface area contributed by atoms with Crippen LogP contribution in [0.15, 0.2) is 41.3 Å². The van der Waals surface area contributed by atoms with Gasteiger partial charge in [0.25, 0.3) is 5.91 Å². The first-order valence-electron chi connectivity index (χ1n) is 15.5. The summed E-state index contributed by atoms with van der Waals surface area (Å²) in [4.78, 5) is 39.7. The Bertz CT molecular complexity index is 1460. The third kappa shape index (κ3) is 5.08. The molecule has 4 fully saturated rings. The maximum absolute atomic E-state index is 15.3. The highest BCUT2D eigenvalue weighted by atomic mass is 32.2. The number of carbonyl (C=O) groups is 3. The largest absolute Gasteiger partial charge is 0.322 e. The molecule has 2 heterocycles. The van der Waals surface area contributed by atoms with E-state index in [0.717, 1.165) is 33.4 Å². The summed E-state index contributed by atoms with van der Waals surface area (Å²) in [5.41, 5.74) is 4.05. The Morgan fingerprint density at radius 3 is 2.71 bits per heavy atom. The quantitative estimate of drug-likeness (QED) is 0.308. The van der Waals surface area contributed by atoms with Gasteiger partial charge in [0.15, 0.2) is 0 Å². The molecule has 6 atom stereocenters. The highest BCUT2D eigenvalue weighted by Gasteiger charge is 2.54. The normalized spacial score (nSPS) is 33.6. The average Bonchev–Trinajstić information content (AvgIpc) is 3.26. The fourth-order valence-electron chi connectivity index (χ4n) is 9.27. The fraction of sp³-hybridized carbons (Fsp3) is 0.559. The molecule has 2 aromatic rings. The van der Waals surface area contributed by atoms with Gasteiger partial charge in [0.2, 0.25) is 11.8 Å². The predicted octanol–water partition coefficient (Wildman–Crippen LogP) is 5.96. The van der Waals surface area contributed by atoms with Gasteiger partial charge in [0.05, 0.1) is 0 Å². The second kappa shape index (κ2) is 10.5. The number of thioether (sulfide) groups is 1. The third-order valence-corrected chi connectivity index (χ3v) is 12.1. The molecule has 6 nitrogen and oxygen atoms in total. The summed E-state index contributed by atoms with van der Waals surface area (Å²) in [6, 6.07) is 11.0. The van der Waals surface area contributed by atoms with Gasteiger partial charge in [0.1, 0.15) is 11.9 Å². The van der Waals surface area contributed by atoms with Gasteiger partial charge in [-0.2, -0.15) is 0 Å². The molecule has 7 rings (SSSR count). The number of halogens is 1.